The third-order valence-corrected chi connectivity index (χ3v) is 3.25. The van der Waals surface area contributed by atoms with Crippen molar-refractivity contribution in [2.45, 2.75) is 38.8 Å². The van der Waals surface area contributed by atoms with Crippen LogP contribution in [0.4, 0.5) is 0 Å². The first-order valence-electron chi connectivity index (χ1n) is 7.17. The highest BCUT2D eigenvalue weighted by atomic mass is 16.5. The van der Waals surface area contributed by atoms with Crippen molar-refractivity contribution >= 4 is 5.91 Å². The maximum Gasteiger partial charge on any atom is 0.234 e. The zero-order valence-corrected chi connectivity index (χ0v) is 13.3. The van der Waals surface area contributed by atoms with Crippen LogP contribution < -0.4 is 15.4 Å². The normalized spacial score (nSPS) is 13.8. The fraction of sp³-hybridized carbons (Fsp3) is 0.562. The Balaban J connectivity index is 2.69. The van der Waals surface area contributed by atoms with E-state index in [1.165, 1.54) is 0 Å². The summed E-state index contributed by atoms with van der Waals surface area (Å²) >= 11 is 0. The summed E-state index contributed by atoms with van der Waals surface area (Å²) in [4.78, 5) is 11.7. The number of para-hydroxylation sites is 1. The zero-order chi connectivity index (χ0) is 15.9. The van der Waals surface area contributed by atoms with Gasteiger partial charge in [-0.25, -0.2) is 0 Å². The van der Waals surface area contributed by atoms with Crippen molar-refractivity contribution in [2.24, 2.45) is 0 Å². The van der Waals surface area contributed by atoms with Gasteiger partial charge < -0.3 is 20.5 Å². The van der Waals surface area contributed by atoms with Crippen LogP contribution in [0.1, 0.15) is 26.3 Å². The SMILES string of the molecule is COc1ccccc1CC(C)(CO)NCC(=O)NC(C)C. The second-order valence-corrected chi connectivity index (χ2v) is 5.78. The van der Waals surface area contributed by atoms with E-state index in [9.17, 15) is 9.90 Å². The molecule has 0 fully saturated rings. The summed E-state index contributed by atoms with van der Waals surface area (Å²) in [6.45, 7) is 5.82. The quantitative estimate of drug-likeness (QED) is 0.671. The molecule has 1 aromatic rings. The molecule has 0 radical (unpaired) electrons. The predicted octanol–water partition coefficient (Wildman–Crippen LogP) is 1.10. The average Bonchev–Trinajstić information content (AvgIpc) is 2.45. The van der Waals surface area contributed by atoms with Crippen LogP contribution in [0.2, 0.25) is 0 Å². The van der Waals surface area contributed by atoms with E-state index in [1.54, 1.807) is 7.11 Å². The maximum absolute atomic E-state index is 11.7. The Morgan fingerprint density at radius 3 is 2.62 bits per heavy atom. The number of aliphatic hydroxyl groups is 1. The predicted molar refractivity (Wildman–Crippen MR) is 83.5 cm³/mol. The van der Waals surface area contributed by atoms with E-state index in [0.717, 1.165) is 11.3 Å². The number of methoxy groups -OCH3 is 1. The van der Waals surface area contributed by atoms with Crippen LogP contribution >= 0.6 is 0 Å². The van der Waals surface area contributed by atoms with Gasteiger partial charge in [-0.05, 0) is 38.8 Å². The van der Waals surface area contributed by atoms with Crippen molar-refractivity contribution in [1.29, 1.82) is 0 Å². The first kappa shape index (κ1) is 17.5. The lowest BCUT2D eigenvalue weighted by Crippen LogP contribution is -2.51. The lowest BCUT2D eigenvalue weighted by molar-refractivity contribution is -0.121. The molecule has 21 heavy (non-hydrogen) atoms. The molecule has 1 aromatic carbocycles. The molecule has 5 nitrogen and oxygen atoms in total. The maximum atomic E-state index is 11.7. The van der Waals surface area contributed by atoms with Gasteiger partial charge in [0.05, 0.1) is 20.3 Å². The number of carbonyl (C=O) groups is 1. The molecule has 1 atom stereocenters. The molecule has 1 amide bonds. The molecule has 0 heterocycles. The lowest BCUT2D eigenvalue weighted by Gasteiger charge is -2.29. The number of amides is 1. The smallest absolute Gasteiger partial charge is 0.234 e. The fourth-order valence-corrected chi connectivity index (χ4v) is 2.11. The number of benzene rings is 1. The van der Waals surface area contributed by atoms with E-state index in [0.29, 0.717) is 6.42 Å². The largest absolute Gasteiger partial charge is 0.496 e. The molecule has 0 saturated carbocycles. The molecule has 0 aliphatic heterocycles. The molecule has 3 N–H and O–H groups in total. The number of hydrogen-bond acceptors (Lipinski definition) is 4. The van der Waals surface area contributed by atoms with Crippen LogP contribution in [0.5, 0.6) is 5.75 Å². The number of nitrogens with one attached hydrogen (secondary N) is 2. The fourth-order valence-electron chi connectivity index (χ4n) is 2.11. The Labute approximate surface area is 126 Å². The Morgan fingerprint density at radius 1 is 1.38 bits per heavy atom. The molecule has 1 unspecified atom stereocenters. The summed E-state index contributed by atoms with van der Waals surface area (Å²) in [6, 6.07) is 7.79. The number of hydrogen-bond donors (Lipinski definition) is 3. The van der Waals surface area contributed by atoms with Gasteiger partial charge in [-0.3, -0.25) is 4.79 Å². The Hall–Kier alpha value is -1.59. The van der Waals surface area contributed by atoms with Crippen molar-refractivity contribution in [2.75, 3.05) is 20.3 Å². The highest BCUT2D eigenvalue weighted by Crippen LogP contribution is 2.22. The summed E-state index contributed by atoms with van der Waals surface area (Å²) in [5, 5.41) is 15.6. The summed E-state index contributed by atoms with van der Waals surface area (Å²) in [7, 11) is 1.62. The van der Waals surface area contributed by atoms with E-state index in [1.807, 2.05) is 45.0 Å². The van der Waals surface area contributed by atoms with Crippen LogP contribution in [0.25, 0.3) is 0 Å². The number of carbonyl (C=O) groups excluding carboxylic acids is 1. The van der Waals surface area contributed by atoms with Gasteiger partial charge in [-0.1, -0.05) is 18.2 Å². The number of aliphatic hydroxyl groups excluding tert-OH is 1. The van der Waals surface area contributed by atoms with Crippen LogP contribution in [0.3, 0.4) is 0 Å². The molecular weight excluding hydrogens is 268 g/mol. The molecule has 0 aliphatic carbocycles. The number of ether oxygens (including phenoxy) is 1. The van der Waals surface area contributed by atoms with E-state index < -0.39 is 5.54 Å². The van der Waals surface area contributed by atoms with Gasteiger partial charge in [0.15, 0.2) is 0 Å². The Morgan fingerprint density at radius 2 is 2.05 bits per heavy atom. The van der Waals surface area contributed by atoms with Crippen molar-refractivity contribution in [1.82, 2.24) is 10.6 Å². The Kier molecular flexibility index (Phi) is 6.65. The first-order chi connectivity index (χ1) is 9.90. The molecule has 118 valence electrons. The van der Waals surface area contributed by atoms with Crippen molar-refractivity contribution < 1.29 is 14.6 Å². The standard InChI is InChI=1S/C16H26N2O3/c1-12(2)18-15(20)10-17-16(3,11-19)9-13-7-5-6-8-14(13)21-4/h5-8,12,17,19H,9-11H2,1-4H3,(H,18,20). The highest BCUT2D eigenvalue weighted by Gasteiger charge is 2.25. The summed E-state index contributed by atoms with van der Waals surface area (Å²) in [6.07, 6.45) is 0.572. The molecule has 0 aliphatic rings. The minimum Gasteiger partial charge on any atom is -0.496 e. The van der Waals surface area contributed by atoms with Crippen molar-refractivity contribution in [3.8, 4) is 5.75 Å². The van der Waals surface area contributed by atoms with Crippen LogP contribution in [0, 0.1) is 0 Å². The second kappa shape index (κ2) is 8.00. The number of rotatable bonds is 8. The average molecular weight is 294 g/mol. The molecule has 5 heteroatoms. The molecule has 0 saturated heterocycles. The minimum absolute atomic E-state index is 0.0694. The second-order valence-electron chi connectivity index (χ2n) is 5.78. The van der Waals surface area contributed by atoms with E-state index >= 15 is 0 Å². The van der Waals surface area contributed by atoms with Gasteiger partial charge in [-0.15, -0.1) is 0 Å². The van der Waals surface area contributed by atoms with Gasteiger partial charge in [0.2, 0.25) is 5.91 Å². The molecule has 0 bridgehead atoms. The highest BCUT2D eigenvalue weighted by molar-refractivity contribution is 5.78. The van der Waals surface area contributed by atoms with Crippen molar-refractivity contribution in [3.05, 3.63) is 29.8 Å². The van der Waals surface area contributed by atoms with Gasteiger partial charge in [0.25, 0.3) is 0 Å². The molecule has 0 aromatic heterocycles. The third-order valence-electron chi connectivity index (χ3n) is 3.25. The van der Waals surface area contributed by atoms with Gasteiger partial charge in [-0.2, -0.15) is 0 Å². The van der Waals surface area contributed by atoms with E-state index in [-0.39, 0.29) is 25.1 Å². The lowest BCUT2D eigenvalue weighted by atomic mass is 9.93. The third kappa shape index (κ3) is 5.73. The summed E-state index contributed by atoms with van der Waals surface area (Å²) < 4.78 is 5.33. The summed E-state index contributed by atoms with van der Waals surface area (Å²) in [5.41, 5.74) is 0.413. The minimum atomic E-state index is -0.580. The molecule has 1 rings (SSSR count). The van der Waals surface area contributed by atoms with Gasteiger partial charge in [0.1, 0.15) is 5.75 Å². The molecular formula is C16H26N2O3. The van der Waals surface area contributed by atoms with Crippen LogP contribution in [-0.4, -0.2) is 42.9 Å². The monoisotopic (exact) mass is 294 g/mol. The van der Waals surface area contributed by atoms with E-state index in [2.05, 4.69) is 10.6 Å². The first-order valence-corrected chi connectivity index (χ1v) is 7.17. The van der Waals surface area contributed by atoms with Crippen LogP contribution in [0.15, 0.2) is 24.3 Å². The zero-order valence-electron chi connectivity index (χ0n) is 13.3. The Bertz CT molecular complexity index is 463. The van der Waals surface area contributed by atoms with Gasteiger partial charge >= 0.3 is 0 Å². The van der Waals surface area contributed by atoms with Gasteiger partial charge in [0, 0.05) is 11.6 Å². The van der Waals surface area contributed by atoms with Crippen molar-refractivity contribution in [3.63, 3.8) is 0 Å². The van der Waals surface area contributed by atoms with E-state index in [4.69, 9.17) is 4.74 Å². The summed E-state index contributed by atoms with van der Waals surface area (Å²) in [5.74, 6) is 0.704. The van der Waals surface area contributed by atoms with Crippen LogP contribution in [-0.2, 0) is 11.2 Å². The molecule has 0 spiro atoms. The topological polar surface area (TPSA) is 70.6 Å².